The van der Waals surface area contributed by atoms with Crippen LogP contribution in [0.4, 0.5) is 4.79 Å². The van der Waals surface area contributed by atoms with E-state index in [-0.39, 0.29) is 23.9 Å². The van der Waals surface area contributed by atoms with Gasteiger partial charge in [0.05, 0.1) is 16.7 Å². The van der Waals surface area contributed by atoms with Crippen LogP contribution in [0.5, 0.6) is 0 Å². The van der Waals surface area contributed by atoms with Crippen LogP contribution in [0.3, 0.4) is 0 Å². The Morgan fingerprint density at radius 3 is 2.48 bits per heavy atom. The maximum absolute atomic E-state index is 12.3. The first-order chi connectivity index (χ1) is 9.88. The molecule has 1 aromatic rings. The lowest BCUT2D eigenvalue weighted by molar-refractivity contribution is -0.123. The molecule has 0 saturated carbocycles. The highest BCUT2D eigenvalue weighted by molar-refractivity contribution is 7.11. The van der Waals surface area contributed by atoms with Crippen LogP contribution < -0.4 is 11.1 Å². The average molecular weight is 310 g/mol. The Kier molecular flexibility index (Phi) is 4.82. The molecule has 3 N–H and O–H groups in total. The van der Waals surface area contributed by atoms with Gasteiger partial charge < -0.3 is 16.0 Å². The molecule has 6 nitrogen and oxygen atoms in total. The van der Waals surface area contributed by atoms with E-state index >= 15 is 0 Å². The molecule has 1 saturated heterocycles. The van der Waals surface area contributed by atoms with Crippen LogP contribution in [0.2, 0.25) is 0 Å². The van der Waals surface area contributed by atoms with Crippen LogP contribution in [0.25, 0.3) is 0 Å². The van der Waals surface area contributed by atoms with Crippen LogP contribution in [-0.2, 0) is 4.79 Å². The van der Waals surface area contributed by atoms with E-state index in [9.17, 15) is 9.59 Å². The molecule has 1 atom stereocenters. The highest BCUT2D eigenvalue weighted by atomic mass is 32.1. The van der Waals surface area contributed by atoms with Crippen molar-refractivity contribution in [3.05, 3.63) is 15.6 Å². The van der Waals surface area contributed by atoms with Crippen molar-refractivity contribution in [2.75, 3.05) is 13.1 Å². The summed E-state index contributed by atoms with van der Waals surface area (Å²) in [7, 11) is 0. The summed E-state index contributed by atoms with van der Waals surface area (Å²) in [6.07, 6.45) is 1.30. The molecule has 1 aliphatic rings. The van der Waals surface area contributed by atoms with Gasteiger partial charge >= 0.3 is 6.03 Å². The van der Waals surface area contributed by atoms with Gasteiger partial charge in [-0.3, -0.25) is 4.79 Å². The van der Waals surface area contributed by atoms with Gasteiger partial charge in [-0.05, 0) is 33.6 Å². The van der Waals surface area contributed by atoms with E-state index in [0.29, 0.717) is 25.9 Å². The molecule has 0 radical (unpaired) electrons. The fourth-order valence-corrected chi connectivity index (χ4v) is 3.59. The number of nitrogens with two attached hydrogens (primary N) is 1. The normalized spacial score (nSPS) is 17.6. The second-order valence-corrected chi connectivity index (χ2v) is 6.75. The number of amides is 3. The topological polar surface area (TPSA) is 88.3 Å². The number of hydrogen-bond donors (Lipinski definition) is 2. The molecule has 1 aromatic heterocycles. The number of urea groups is 1. The van der Waals surface area contributed by atoms with E-state index < -0.39 is 0 Å². The summed E-state index contributed by atoms with van der Waals surface area (Å²) in [6, 6.07) is -0.145. The lowest BCUT2D eigenvalue weighted by Gasteiger charge is -2.31. The van der Waals surface area contributed by atoms with Crippen molar-refractivity contribution in [1.82, 2.24) is 15.2 Å². The average Bonchev–Trinajstić information content (AvgIpc) is 2.77. The number of primary amides is 1. The second-order valence-electron chi connectivity index (χ2n) is 5.52. The number of nitrogens with zero attached hydrogens (tertiary/aromatic N) is 2. The minimum absolute atomic E-state index is 0.0578. The fourth-order valence-electron chi connectivity index (χ4n) is 2.66. The Hall–Kier alpha value is -1.63. The molecule has 7 heteroatoms. The van der Waals surface area contributed by atoms with Gasteiger partial charge in [0.15, 0.2) is 0 Å². The summed E-state index contributed by atoms with van der Waals surface area (Å²) in [5, 5.41) is 4.01. The molecule has 2 heterocycles. The van der Waals surface area contributed by atoms with Gasteiger partial charge in [0.25, 0.3) is 0 Å². The zero-order chi connectivity index (χ0) is 15.6. The van der Waals surface area contributed by atoms with Crippen molar-refractivity contribution in [2.45, 2.75) is 39.7 Å². The summed E-state index contributed by atoms with van der Waals surface area (Å²) >= 11 is 1.61. The predicted octanol–water partition coefficient (Wildman–Crippen LogP) is 1.73. The number of rotatable bonds is 3. The SMILES string of the molecule is Cc1nc(C)c(C(C)NC(=O)N2CCC(C(N)=O)CC2)s1. The standard InChI is InChI=1S/C14H22N4O2S/c1-8-12(21-10(3)16-8)9(2)17-14(20)18-6-4-11(5-7-18)13(15)19/h9,11H,4-7H2,1-3H3,(H2,15,19)(H,17,20). The number of carbonyl (C=O) groups is 2. The molecule has 116 valence electrons. The third-order valence-corrected chi connectivity index (χ3v) is 5.11. The third-order valence-electron chi connectivity index (χ3n) is 3.86. The monoisotopic (exact) mass is 310 g/mol. The maximum Gasteiger partial charge on any atom is 0.317 e. The van der Waals surface area contributed by atoms with Crippen molar-refractivity contribution in [2.24, 2.45) is 11.7 Å². The van der Waals surface area contributed by atoms with Crippen LogP contribution in [-0.4, -0.2) is 34.9 Å². The van der Waals surface area contributed by atoms with Crippen molar-refractivity contribution in [3.8, 4) is 0 Å². The van der Waals surface area contributed by atoms with Crippen molar-refractivity contribution in [3.63, 3.8) is 0 Å². The number of likely N-dealkylation sites (tertiary alicyclic amines) is 1. The Morgan fingerprint density at radius 2 is 2.00 bits per heavy atom. The van der Waals surface area contributed by atoms with Crippen LogP contribution in [0.15, 0.2) is 0 Å². The lowest BCUT2D eigenvalue weighted by Crippen LogP contribution is -2.46. The predicted molar refractivity (Wildman–Crippen MR) is 82.0 cm³/mol. The van der Waals surface area contributed by atoms with E-state index in [0.717, 1.165) is 15.6 Å². The van der Waals surface area contributed by atoms with Crippen LogP contribution >= 0.6 is 11.3 Å². The zero-order valence-corrected chi connectivity index (χ0v) is 13.5. The number of hydrogen-bond acceptors (Lipinski definition) is 4. The van der Waals surface area contributed by atoms with Gasteiger partial charge in [-0.15, -0.1) is 11.3 Å². The minimum atomic E-state index is -0.265. The molecule has 0 aliphatic carbocycles. The van der Waals surface area contributed by atoms with Crippen LogP contribution in [0.1, 0.15) is 41.4 Å². The van der Waals surface area contributed by atoms with Crippen molar-refractivity contribution >= 4 is 23.3 Å². The largest absolute Gasteiger partial charge is 0.369 e. The van der Waals surface area contributed by atoms with Gasteiger partial charge in [0.2, 0.25) is 5.91 Å². The first kappa shape index (κ1) is 15.8. The minimum Gasteiger partial charge on any atom is -0.369 e. The Balaban J connectivity index is 1.90. The van der Waals surface area contributed by atoms with E-state index in [2.05, 4.69) is 10.3 Å². The Labute approximate surface area is 128 Å². The molecule has 1 aliphatic heterocycles. The quantitative estimate of drug-likeness (QED) is 0.891. The zero-order valence-electron chi connectivity index (χ0n) is 12.7. The van der Waals surface area contributed by atoms with E-state index in [1.165, 1.54) is 0 Å². The highest BCUT2D eigenvalue weighted by Gasteiger charge is 2.27. The molecule has 21 heavy (non-hydrogen) atoms. The summed E-state index contributed by atoms with van der Waals surface area (Å²) in [4.78, 5) is 30.6. The number of thiazole rings is 1. The molecule has 3 amide bonds. The van der Waals surface area contributed by atoms with Crippen molar-refractivity contribution < 1.29 is 9.59 Å². The first-order valence-corrected chi connectivity index (χ1v) is 7.98. The summed E-state index contributed by atoms with van der Waals surface area (Å²) < 4.78 is 0. The van der Waals surface area contributed by atoms with Crippen molar-refractivity contribution in [1.29, 1.82) is 0 Å². The number of piperidine rings is 1. The molecule has 0 bridgehead atoms. The molecule has 1 unspecified atom stereocenters. The number of aromatic nitrogens is 1. The summed E-state index contributed by atoms with van der Waals surface area (Å²) in [5.41, 5.74) is 6.27. The molecule has 1 fully saturated rings. The van der Waals surface area contributed by atoms with Gasteiger partial charge in [0, 0.05) is 23.9 Å². The third kappa shape index (κ3) is 3.72. The second kappa shape index (κ2) is 6.43. The Bertz CT molecular complexity index is 535. The fraction of sp³-hybridized carbons (Fsp3) is 0.643. The summed E-state index contributed by atoms with van der Waals surface area (Å²) in [5.74, 6) is -0.364. The van der Waals surface area contributed by atoms with E-state index in [4.69, 9.17) is 5.73 Å². The Morgan fingerprint density at radius 1 is 1.38 bits per heavy atom. The molecule has 0 aromatic carbocycles. The number of aryl methyl sites for hydroxylation is 2. The highest BCUT2D eigenvalue weighted by Crippen LogP contribution is 2.25. The van der Waals surface area contributed by atoms with Gasteiger partial charge in [-0.1, -0.05) is 0 Å². The maximum atomic E-state index is 12.3. The smallest absolute Gasteiger partial charge is 0.317 e. The molecule has 0 spiro atoms. The van der Waals surface area contributed by atoms with Gasteiger partial charge in [-0.2, -0.15) is 0 Å². The van der Waals surface area contributed by atoms with Gasteiger partial charge in [0.1, 0.15) is 0 Å². The number of carbonyl (C=O) groups excluding carboxylic acids is 2. The molecular weight excluding hydrogens is 288 g/mol. The number of nitrogens with one attached hydrogen (secondary N) is 1. The molecular formula is C14H22N4O2S. The van der Waals surface area contributed by atoms with Gasteiger partial charge in [-0.25, -0.2) is 9.78 Å². The van der Waals surface area contributed by atoms with E-state index in [1.807, 2.05) is 20.8 Å². The molecule has 2 rings (SSSR count). The van der Waals surface area contributed by atoms with Crippen LogP contribution in [0, 0.1) is 19.8 Å². The van der Waals surface area contributed by atoms with E-state index in [1.54, 1.807) is 16.2 Å². The summed E-state index contributed by atoms with van der Waals surface area (Å²) in [6.45, 7) is 7.04. The first-order valence-electron chi connectivity index (χ1n) is 7.17. The lowest BCUT2D eigenvalue weighted by atomic mass is 9.96.